The van der Waals surface area contributed by atoms with Gasteiger partial charge in [0, 0.05) is 0 Å². The molecule has 0 atom stereocenters. The first kappa shape index (κ1) is 11.8. The van der Waals surface area contributed by atoms with Gasteiger partial charge in [-0.15, -0.1) is 0 Å². The molecule has 0 saturated heterocycles. The lowest BCUT2D eigenvalue weighted by molar-refractivity contribution is 0.415. The summed E-state index contributed by atoms with van der Waals surface area (Å²) in [5.74, 6) is 0.890. The average molecular weight is 248 g/mol. The summed E-state index contributed by atoms with van der Waals surface area (Å²) in [6.45, 7) is 2.16. The van der Waals surface area contributed by atoms with Crippen LogP contribution in [-0.2, 0) is 0 Å². The highest BCUT2D eigenvalue weighted by Crippen LogP contribution is 2.28. The van der Waals surface area contributed by atoms with Crippen molar-refractivity contribution in [2.24, 2.45) is 0 Å². The fraction of sp³-hybridized carbons (Fsp3) is 0.111. The Balaban J connectivity index is 2.14. The standard InChI is InChI=1S/C18H16O/c1-13-11-16(12-15-5-3-4-6-18(13)15)14-7-9-17(19-2)10-8-14/h3-12H,1-2H3. The lowest BCUT2D eigenvalue weighted by Crippen LogP contribution is -1.85. The maximum Gasteiger partial charge on any atom is 0.118 e. The Morgan fingerprint density at radius 3 is 2.26 bits per heavy atom. The minimum absolute atomic E-state index is 0.890. The first-order valence-corrected chi connectivity index (χ1v) is 6.42. The Bertz CT molecular complexity index is 711. The number of methoxy groups -OCH3 is 1. The van der Waals surface area contributed by atoms with Gasteiger partial charge in [-0.1, -0.05) is 42.5 Å². The fourth-order valence-electron chi connectivity index (χ4n) is 2.45. The molecule has 0 radical (unpaired) electrons. The maximum absolute atomic E-state index is 5.20. The first-order chi connectivity index (χ1) is 9.28. The zero-order valence-corrected chi connectivity index (χ0v) is 11.2. The molecule has 0 aliphatic heterocycles. The summed E-state index contributed by atoms with van der Waals surface area (Å²) in [4.78, 5) is 0. The second kappa shape index (κ2) is 4.77. The van der Waals surface area contributed by atoms with Crippen LogP contribution in [0.25, 0.3) is 21.9 Å². The van der Waals surface area contributed by atoms with Crippen molar-refractivity contribution in [1.82, 2.24) is 0 Å². The third-order valence-electron chi connectivity index (χ3n) is 3.49. The smallest absolute Gasteiger partial charge is 0.118 e. The zero-order valence-electron chi connectivity index (χ0n) is 11.2. The van der Waals surface area contributed by atoms with E-state index in [1.165, 1.54) is 27.5 Å². The van der Waals surface area contributed by atoms with Gasteiger partial charge in [0.2, 0.25) is 0 Å². The molecule has 0 heterocycles. The molecule has 0 aliphatic rings. The van der Waals surface area contributed by atoms with Gasteiger partial charge in [-0.3, -0.25) is 0 Å². The average Bonchev–Trinajstić information content (AvgIpc) is 2.47. The van der Waals surface area contributed by atoms with Crippen molar-refractivity contribution in [2.75, 3.05) is 7.11 Å². The van der Waals surface area contributed by atoms with Crippen molar-refractivity contribution >= 4 is 10.8 Å². The maximum atomic E-state index is 5.20. The van der Waals surface area contributed by atoms with E-state index >= 15 is 0 Å². The predicted molar refractivity (Wildman–Crippen MR) is 80.7 cm³/mol. The predicted octanol–water partition coefficient (Wildman–Crippen LogP) is 4.82. The van der Waals surface area contributed by atoms with Crippen LogP contribution < -0.4 is 4.74 Å². The summed E-state index contributed by atoms with van der Waals surface area (Å²) < 4.78 is 5.20. The Morgan fingerprint density at radius 1 is 0.789 bits per heavy atom. The van der Waals surface area contributed by atoms with Gasteiger partial charge >= 0.3 is 0 Å². The molecule has 0 spiro atoms. The Morgan fingerprint density at radius 2 is 1.53 bits per heavy atom. The van der Waals surface area contributed by atoms with Crippen molar-refractivity contribution in [3.05, 3.63) is 66.2 Å². The molecule has 3 rings (SSSR count). The van der Waals surface area contributed by atoms with Crippen LogP contribution in [0, 0.1) is 6.92 Å². The van der Waals surface area contributed by atoms with Crippen LogP contribution in [0.1, 0.15) is 5.56 Å². The van der Waals surface area contributed by atoms with Crippen LogP contribution in [0.2, 0.25) is 0 Å². The Kier molecular flexibility index (Phi) is 2.96. The highest BCUT2D eigenvalue weighted by Gasteiger charge is 2.03. The second-order valence-electron chi connectivity index (χ2n) is 4.74. The van der Waals surface area contributed by atoms with E-state index in [-0.39, 0.29) is 0 Å². The van der Waals surface area contributed by atoms with Gasteiger partial charge in [-0.25, -0.2) is 0 Å². The first-order valence-electron chi connectivity index (χ1n) is 6.42. The summed E-state index contributed by atoms with van der Waals surface area (Å²) in [5, 5.41) is 2.60. The highest BCUT2D eigenvalue weighted by molar-refractivity contribution is 5.90. The molecule has 3 aromatic rings. The van der Waals surface area contributed by atoms with Gasteiger partial charge in [0.1, 0.15) is 5.75 Å². The molecular weight excluding hydrogens is 232 g/mol. The number of aryl methyl sites for hydroxylation is 1. The van der Waals surface area contributed by atoms with Crippen LogP contribution in [0.3, 0.4) is 0 Å². The summed E-state index contributed by atoms with van der Waals surface area (Å²) in [7, 11) is 1.69. The molecular formula is C18H16O. The van der Waals surface area contributed by atoms with Crippen LogP contribution in [-0.4, -0.2) is 7.11 Å². The van der Waals surface area contributed by atoms with E-state index in [2.05, 4.69) is 55.5 Å². The van der Waals surface area contributed by atoms with Gasteiger partial charge in [0.15, 0.2) is 0 Å². The molecule has 0 saturated carbocycles. The van der Waals surface area contributed by atoms with E-state index < -0.39 is 0 Å². The Hall–Kier alpha value is -2.28. The molecule has 0 aliphatic carbocycles. The quantitative estimate of drug-likeness (QED) is 0.631. The van der Waals surface area contributed by atoms with E-state index in [4.69, 9.17) is 4.74 Å². The third kappa shape index (κ3) is 2.19. The molecule has 0 fully saturated rings. The van der Waals surface area contributed by atoms with Gasteiger partial charge in [-0.05, 0) is 52.6 Å². The molecule has 0 unspecified atom stereocenters. The van der Waals surface area contributed by atoms with Crippen molar-refractivity contribution in [3.8, 4) is 16.9 Å². The number of ether oxygens (including phenoxy) is 1. The SMILES string of the molecule is COc1ccc(-c2cc(C)c3ccccc3c2)cc1. The summed E-state index contributed by atoms with van der Waals surface area (Å²) >= 11 is 0. The van der Waals surface area contributed by atoms with E-state index in [1.54, 1.807) is 7.11 Å². The minimum atomic E-state index is 0.890. The zero-order chi connectivity index (χ0) is 13.2. The molecule has 0 aromatic heterocycles. The topological polar surface area (TPSA) is 9.23 Å². The second-order valence-corrected chi connectivity index (χ2v) is 4.74. The van der Waals surface area contributed by atoms with Crippen molar-refractivity contribution in [2.45, 2.75) is 6.92 Å². The van der Waals surface area contributed by atoms with Crippen molar-refractivity contribution < 1.29 is 4.74 Å². The van der Waals surface area contributed by atoms with E-state index in [0.717, 1.165) is 5.75 Å². The highest BCUT2D eigenvalue weighted by atomic mass is 16.5. The number of benzene rings is 3. The number of hydrogen-bond donors (Lipinski definition) is 0. The van der Waals surface area contributed by atoms with Crippen LogP contribution in [0.4, 0.5) is 0 Å². The third-order valence-corrected chi connectivity index (χ3v) is 3.49. The molecule has 0 amide bonds. The monoisotopic (exact) mass is 248 g/mol. The van der Waals surface area contributed by atoms with E-state index in [1.807, 2.05) is 12.1 Å². The molecule has 94 valence electrons. The molecule has 19 heavy (non-hydrogen) atoms. The summed E-state index contributed by atoms with van der Waals surface area (Å²) in [5.41, 5.74) is 3.78. The van der Waals surface area contributed by atoms with Gasteiger partial charge in [-0.2, -0.15) is 0 Å². The van der Waals surface area contributed by atoms with Gasteiger partial charge in [0.25, 0.3) is 0 Å². The molecule has 1 heteroatoms. The molecule has 0 bridgehead atoms. The number of rotatable bonds is 2. The van der Waals surface area contributed by atoms with E-state index in [0.29, 0.717) is 0 Å². The van der Waals surface area contributed by atoms with Crippen LogP contribution >= 0.6 is 0 Å². The molecule has 1 nitrogen and oxygen atoms in total. The number of fused-ring (bicyclic) bond motifs is 1. The van der Waals surface area contributed by atoms with Crippen molar-refractivity contribution in [1.29, 1.82) is 0 Å². The number of hydrogen-bond acceptors (Lipinski definition) is 1. The van der Waals surface area contributed by atoms with Crippen LogP contribution in [0.5, 0.6) is 5.75 Å². The largest absolute Gasteiger partial charge is 0.497 e. The minimum Gasteiger partial charge on any atom is -0.497 e. The Labute approximate surface area is 113 Å². The van der Waals surface area contributed by atoms with Crippen LogP contribution in [0.15, 0.2) is 60.7 Å². The molecule has 3 aromatic carbocycles. The lowest BCUT2D eigenvalue weighted by atomic mass is 9.97. The van der Waals surface area contributed by atoms with Crippen molar-refractivity contribution in [3.63, 3.8) is 0 Å². The van der Waals surface area contributed by atoms with E-state index in [9.17, 15) is 0 Å². The van der Waals surface area contributed by atoms with Gasteiger partial charge < -0.3 is 4.74 Å². The summed E-state index contributed by atoms with van der Waals surface area (Å²) in [6, 6.07) is 21.2. The summed E-state index contributed by atoms with van der Waals surface area (Å²) in [6.07, 6.45) is 0. The normalized spacial score (nSPS) is 10.6. The molecule has 0 N–H and O–H groups in total. The fourth-order valence-corrected chi connectivity index (χ4v) is 2.45. The van der Waals surface area contributed by atoms with Gasteiger partial charge in [0.05, 0.1) is 7.11 Å². The lowest BCUT2D eigenvalue weighted by Gasteiger charge is -2.08.